The number of carbonyl (C=O) groups excluding carboxylic acids is 1. The van der Waals surface area contributed by atoms with Gasteiger partial charge in [0.05, 0.1) is 24.5 Å². The third-order valence-corrected chi connectivity index (χ3v) is 3.99. The Bertz CT molecular complexity index is 707. The predicted molar refractivity (Wildman–Crippen MR) is 97.7 cm³/mol. The first-order valence-electron chi connectivity index (χ1n) is 8.54. The van der Waals surface area contributed by atoms with E-state index in [-0.39, 0.29) is 12.1 Å². The number of aromatic nitrogens is 2. The molecular formula is C18H25N5O2. The number of hydrogen-bond acceptors (Lipinski definition) is 4. The average Bonchev–Trinajstić information content (AvgIpc) is 3.19. The molecule has 1 aliphatic rings. The molecule has 2 aromatic rings. The van der Waals surface area contributed by atoms with Gasteiger partial charge in [0.2, 0.25) is 0 Å². The molecule has 7 heteroatoms. The third kappa shape index (κ3) is 5.30. The van der Waals surface area contributed by atoms with E-state index in [0.29, 0.717) is 5.69 Å². The van der Waals surface area contributed by atoms with Crippen molar-refractivity contribution in [3.63, 3.8) is 0 Å². The third-order valence-electron chi connectivity index (χ3n) is 3.99. The van der Waals surface area contributed by atoms with Crippen LogP contribution >= 0.6 is 0 Å². The van der Waals surface area contributed by atoms with Crippen LogP contribution in [0.3, 0.4) is 0 Å². The van der Waals surface area contributed by atoms with E-state index in [4.69, 9.17) is 4.74 Å². The van der Waals surface area contributed by atoms with Crippen LogP contribution in [0.1, 0.15) is 18.4 Å². The molecule has 3 rings (SSSR count). The van der Waals surface area contributed by atoms with Crippen molar-refractivity contribution >= 4 is 17.4 Å². The van der Waals surface area contributed by atoms with Gasteiger partial charge in [-0.05, 0) is 44.6 Å². The van der Waals surface area contributed by atoms with Gasteiger partial charge in [0.1, 0.15) is 0 Å². The summed E-state index contributed by atoms with van der Waals surface area (Å²) < 4.78 is 7.41. The van der Waals surface area contributed by atoms with Crippen LogP contribution in [0.25, 0.3) is 0 Å². The summed E-state index contributed by atoms with van der Waals surface area (Å²) in [5, 5.41) is 9.94. The Morgan fingerprint density at radius 2 is 2.20 bits per heavy atom. The van der Waals surface area contributed by atoms with Crippen LogP contribution in [-0.2, 0) is 17.8 Å². The maximum atomic E-state index is 12.2. The largest absolute Gasteiger partial charge is 0.376 e. The van der Waals surface area contributed by atoms with Crippen LogP contribution in [0, 0.1) is 0 Å². The first kappa shape index (κ1) is 17.4. The Morgan fingerprint density at radius 3 is 2.96 bits per heavy atom. The molecule has 1 aliphatic heterocycles. The van der Waals surface area contributed by atoms with Crippen molar-refractivity contribution in [3.8, 4) is 0 Å². The highest BCUT2D eigenvalue weighted by atomic mass is 16.5. The molecule has 1 atom stereocenters. The lowest BCUT2D eigenvalue weighted by Gasteiger charge is -2.11. The highest BCUT2D eigenvalue weighted by Gasteiger charge is 2.16. The average molecular weight is 343 g/mol. The van der Waals surface area contributed by atoms with Gasteiger partial charge in [-0.2, -0.15) is 5.10 Å². The number of carbonyl (C=O) groups is 1. The molecule has 2 N–H and O–H groups in total. The second-order valence-electron chi connectivity index (χ2n) is 6.60. The quantitative estimate of drug-likeness (QED) is 0.846. The molecule has 0 radical (unpaired) electrons. The van der Waals surface area contributed by atoms with Crippen LogP contribution in [0.15, 0.2) is 36.7 Å². The summed E-state index contributed by atoms with van der Waals surface area (Å²) in [7, 11) is 4.03. The molecule has 25 heavy (non-hydrogen) atoms. The van der Waals surface area contributed by atoms with Crippen LogP contribution in [0.5, 0.6) is 0 Å². The van der Waals surface area contributed by atoms with Crippen LogP contribution in [0.4, 0.5) is 16.2 Å². The van der Waals surface area contributed by atoms with Crippen molar-refractivity contribution < 1.29 is 9.53 Å². The zero-order valence-electron chi connectivity index (χ0n) is 14.7. The van der Waals surface area contributed by atoms with Gasteiger partial charge in [-0.1, -0.05) is 12.1 Å². The van der Waals surface area contributed by atoms with Crippen molar-refractivity contribution in [3.05, 3.63) is 42.2 Å². The molecule has 1 saturated heterocycles. The summed E-state index contributed by atoms with van der Waals surface area (Å²) in [5.74, 6) is 0. The normalized spacial score (nSPS) is 17.0. The minimum atomic E-state index is -0.279. The van der Waals surface area contributed by atoms with E-state index in [1.165, 1.54) is 0 Å². The van der Waals surface area contributed by atoms with Gasteiger partial charge in [0.15, 0.2) is 0 Å². The van der Waals surface area contributed by atoms with Gasteiger partial charge in [0.25, 0.3) is 0 Å². The van der Waals surface area contributed by atoms with E-state index in [9.17, 15) is 4.79 Å². The molecule has 1 unspecified atom stereocenters. The Kier molecular flexibility index (Phi) is 5.67. The Hall–Kier alpha value is -2.38. The maximum Gasteiger partial charge on any atom is 0.323 e. The fraction of sp³-hybridized carbons (Fsp3) is 0.444. The smallest absolute Gasteiger partial charge is 0.323 e. The van der Waals surface area contributed by atoms with Crippen LogP contribution in [-0.4, -0.2) is 47.5 Å². The summed E-state index contributed by atoms with van der Waals surface area (Å²) in [5.41, 5.74) is 2.58. The number of urea groups is 1. The zero-order valence-corrected chi connectivity index (χ0v) is 14.7. The Morgan fingerprint density at radius 1 is 1.36 bits per heavy atom. The standard InChI is InChI=1S/C18H25N5O2/c1-22(2)11-14-5-3-6-15(9-14)20-18(24)21-16-10-19-23(12-16)13-17-7-4-8-25-17/h3,5-6,9-10,12,17H,4,7-8,11,13H2,1-2H3,(H2,20,21,24). The van der Waals surface area contributed by atoms with Crippen LogP contribution < -0.4 is 10.6 Å². The SMILES string of the molecule is CN(C)Cc1cccc(NC(=O)Nc2cnn(CC3CCCO3)c2)c1. The van der Waals surface area contributed by atoms with Gasteiger partial charge >= 0.3 is 6.03 Å². The van der Waals surface area contributed by atoms with Gasteiger partial charge in [0, 0.05) is 25.0 Å². The predicted octanol–water partition coefficient (Wildman–Crippen LogP) is 2.77. The van der Waals surface area contributed by atoms with E-state index in [1.807, 2.05) is 49.2 Å². The molecular weight excluding hydrogens is 318 g/mol. The van der Waals surface area contributed by atoms with Crippen molar-refractivity contribution in [2.45, 2.75) is 32.0 Å². The lowest BCUT2D eigenvalue weighted by atomic mass is 10.2. The summed E-state index contributed by atoms with van der Waals surface area (Å²) >= 11 is 0. The second kappa shape index (κ2) is 8.13. The fourth-order valence-electron chi connectivity index (χ4n) is 2.93. The molecule has 2 amide bonds. The number of rotatable bonds is 6. The van der Waals surface area contributed by atoms with Gasteiger partial charge in [-0.25, -0.2) is 4.79 Å². The maximum absolute atomic E-state index is 12.2. The van der Waals surface area contributed by atoms with Crippen molar-refractivity contribution in [1.82, 2.24) is 14.7 Å². The van der Waals surface area contributed by atoms with E-state index < -0.39 is 0 Å². The van der Waals surface area contributed by atoms with Gasteiger partial charge in [-0.15, -0.1) is 0 Å². The fourth-order valence-corrected chi connectivity index (χ4v) is 2.93. The zero-order chi connectivity index (χ0) is 17.6. The molecule has 1 fully saturated rings. The molecule has 0 aliphatic carbocycles. The molecule has 7 nitrogen and oxygen atoms in total. The molecule has 2 heterocycles. The number of nitrogens with zero attached hydrogens (tertiary/aromatic N) is 3. The van der Waals surface area contributed by atoms with E-state index in [0.717, 1.165) is 43.8 Å². The summed E-state index contributed by atoms with van der Waals surface area (Å²) in [6, 6.07) is 7.55. The molecule has 1 aromatic heterocycles. The Balaban J connectivity index is 1.53. The number of nitrogens with one attached hydrogen (secondary N) is 2. The number of benzene rings is 1. The van der Waals surface area contributed by atoms with E-state index in [2.05, 4.69) is 20.6 Å². The van der Waals surface area contributed by atoms with Crippen LogP contribution in [0.2, 0.25) is 0 Å². The van der Waals surface area contributed by atoms with Crippen molar-refractivity contribution in [1.29, 1.82) is 0 Å². The van der Waals surface area contributed by atoms with Gasteiger partial charge in [-0.3, -0.25) is 4.68 Å². The van der Waals surface area contributed by atoms with E-state index in [1.54, 1.807) is 6.20 Å². The molecule has 0 saturated carbocycles. The lowest BCUT2D eigenvalue weighted by molar-refractivity contribution is 0.0940. The van der Waals surface area contributed by atoms with Crippen molar-refractivity contribution in [2.75, 3.05) is 31.3 Å². The Labute approximate surface area is 148 Å². The highest BCUT2D eigenvalue weighted by Crippen LogP contribution is 2.16. The molecule has 1 aromatic carbocycles. The summed E-state index contributed by atoms with van der Waals surface area (Å²) in [4.78, 5) is 14.3. The molecule has 0 spiro atoms. The second-order valence-corrected chi connectivity index (χ2v) is 6.60. The monoisotopic (exact) mass is 343 g/mol. The summed E-state index contributed by atoms with van der Waals surface area (Å²) in [6.45, 7) is 2.37. The van der Waals surface area contributed by atoms with Crippen molar-refractivity contribution in [2.24, 2.45) is 0 Å². The number of ether oxygens (including phenoxy) is 1. The molecule has 0 bridgehead atoms. The van der Waals surface area contributed by atoms with Gasteiger partial charge < -0.3 is 20.3 Å². The first-order valence-corrected chi connectivity index (χ1v) is 8.54. The van der Waals surface area contributed by atoms with E-state index >= 15 is 0 Å². The minimum Gasteiger partial charge on any atom is -0.376 e. The minimum absolute atomic E-state index is 0.223. The number of anilines is 2. The molecule has 134 valence electrons. The number of hydrogen-bond donors (Lipinski definition) is 2. The lowest BCUT2D eigenvalue weighted by Crippen LogP contribution is -2.19. The summed E-state index contributed by atoms with van der Waals surface area (Å²) in [6.07, 6.45) is 5.86. The first-order chi connectivity index (χ1) is 12.1. The topological polar surface area (TPSA) is 71.4 Å². The number of amides is 2. The highest BCUT2D eigenvalue weighted by molar-refractivity contribution is 5.99.